The molecule has 3 rings (SSSR count). The van der Waals surface area contributed by atoms with Gasteiger partial charge in [0.1, 0.15) is 17.3 Å². The number of ether oxygens (including phenoxy) is 2. The van der Waals surface area contributed by atoms with Crippen LogP contribution in [0.1, 0.15) is 36.4 Å². The number of nitrogens with zero attached hydrogens (tertiary/aromatic N) is 2. The molecule has 0 aliphatic carbocycles. The first-order valence-corrected chi connectivity index (χ1v) is 9.02. The van der Waals surface area contributed by atoms with Crippen molar-refractivity contribution in [1.82, 2.24) is 5.01 Å². The number of methoxy groups -OCH3 is 2. The van der Waals surface area contributed by atoms with Crippen LogP contribution >= 0.6 is 0 Å². The molecule has 1 N–H and O–H groups in total. The number of rotatable bonds is 7. The third-order valence-electron chi connectivity index (χ3n) is 4.70. The van der Waals surface area contributed by atoms with Crippen molar-refractivity contribution in [3.63, 3.8) is 0 Å². The Morgan fingerprint density at radius 1 is 1.17 bits per heavy atom. The molecule has 0 aromatic heterocycles. The van der Waals surface area contributed by atoms with Gasteiger partial charge in [-0.05, 0) is 24.3 Å². The van der Waals surface area contributed by atoms with E-state index < -0.39 is 23.7 Å². The van der Waals surface area contributed by atoms with Gasteiger partial charge in [0.05, 0.1) is 32.4 Å². The lowest BCUT2D eigenvalue weighted by Gasteiger charge is -2.22. The fraction of sp³-hybridized carbons (Fsp3) is 0.286. The molecule has 0 saturated carbocycles. The van der Waals surface area contributed by atoms with Crippen LogP contribution in [0.4, 0.5) is 4.39 Å². The number of carbonyl (C=O) groups is 2. The zero-order valence-corrected chi connectivity index (χ0v) is 16.1. The summed E-state index contributed by atoms with van der Waals surface area (Å²) < 4.78 is 25.1. The van der Waals surface area contributed by atoms with E-state index in [2.05, 4.69) is 5.10 Å². The number of hydrazone groups is 1. The summed E-state index contributed by atoms with van der Waals surface area (Å²) in [4.78, 5) is 23.5. The Morgan fingerprint density at radius 3 is 2.59 bits per heavy atom. The summed E-state index contributed by atoms with van der Waals surface area (Å²) in [6.45, 7) is 0. The third kappa shape index (κ3) is 4.37. The van der Waals surface area contributed by atoms with Gasteiger partial charge in [-0.25, -0.2) is 9.40 Å². The van der Waals surface area contributed by atoms with Crippen LogP contribution in [0.15, 0.2) is 47.6 Å². The van der Waals surface area contributed by atoms with Crippen molar-refractivity contribution in [1.29, 1.82) is 0 Å². The van der Waals surface area contributed by atoms with Gasteiger partial charge in [-0.15, -0.1) is 0 Å². The van der Waals surface area contributed by atoms with Crippen molar-refractivity contribution in [3.8, 4) is 11.5 Å². The highest BCUT2D eigenvalue weighted by Crippen LogP contribution is 2.37. The molecule has 0 bridgehead atoms. The molecule has 7 nitrogen and oxygen atoms in total. The van der Waals surface area contributed by atoms with Crippen LogP contribution < -0.4 is 9.47 Å². The number of halogens is 1. The first-order chi connectivity index (χ1) is 13.9. The summed E-state index contributed by atoms with van der Waals surface area (Å²) in [5, 5.41) is 14.5. The van der Waals surface area contributed by atoms with E-state index in [-0.39, 0.29) is 19.3 Å². The highest BCUT2D eigenvalue weighted by Gasteiger charge is 2.35. The van der Waals surface area contributed by atoms with Gasteiger partial charge in [0.25, 0.3) is 0 Å². The standard InChI is InChI=1S/C21H21FN2O5/c1-28-13-7-8-19(29-2)15(11-13)17-12-18(14-5-3-4-6-16(14)22)24(23-17)20(25)9-10-21(26)27/h3-8,11,18H,9-10,12H2,1-2H3,(H,26,27)/t18-/m0/s1. The van der Waals surface area contributed by atoms with Gasteiger partial charge in [0.2, 0.25) is 5.91 Å². The normalized spacial score (nSPS) is 15.8. The Hall–Kier alpha value is -3.42. The van der Waals surface area contributed by atoms with Crippen molar-refractivity contribution < 1.29 is 28.6 Å². The summed E-state index contributed by atoms with van der Waals surface area (Å²) in [6.07, 6.45) is -0.303. The molecule has 1 heterocycles. The first kappa shape index (κ1) is 20.3. The van der Waals surface area contributed by atoms with Crippen molar-refractivity contribution in [3.05, 3.63) is 59.4 Å². The van der Waals surface area contributed by atoms with Gasteiger partial charge >= 0.3 is 5.97 Å². The predicted molar refractivity (Wildman–Crippen MR) is 104 cm³/mol. The highest BCUT2D eigenvalue weighted by molar-refractivity contribution is 6.05. The van der Waals surface area contributed by atoms with Crippen molar-refractivity contribution in [2.45, 2.75) is 25.3 Å². The summed E-state index contributed by atoms with van der Waals surface area (Å²) in [7, 11) is 3.05. The highest BCUT2D eigenvalue weighted by atomic mass is 19.1. The van der Waals surface area contributed by atoms with Gasteiger partial charge in [-0.3, -0.25) is 9.59 Å². The fourth-order valence-corrected chi connectivity index (χ4v) is 3.26. The molecule has 0 spiro atoms. The van der Waals surface area contributed by atoms with E-state index in [1.807, 2.05) is 0 Å². The molecule has 2 aromatic carbocycles. The topological polar surface area (TPSA) is 88.4 Å². The lowest BCUT2D eigenvalue weighted by atomic mass is 9.97. The summed E-state index contributed by atoms with van der Waals surface area (Å²) in [5.74, 6) is -0.906. The Morgan fingerprint density at radius 2 is 1.93 bits per heavy atom. The Balaban J connectivity index is 2.01. The van der Waals surface area contributed by atoms with E-state index in [0.717, 1.165) is 0 Å². The van der Waals surface area contributed by atoms with E-state index in [9.17, 15) is 14.0 Å². The smallest absolute Gasteiger partial charge is 0.303 e. The largest absolute Gasteiger partial charge is 0.497 e. The van der Waals surface area contributed by atoms with Gasteiger partial charge in [0, 0.05) is 24.0 Å². The van der Waals surface area contributed by atoms with E-state index in [4.69, 9.17) is 14.6 Å². The van der Waals surface area contributed by atoms with E-state index in [1.165, 1.54) is 25.3 Å². The molecule has 152 valence electrons. The molecule has 1 atom stereocenters. The number of aliphatic carboxylic acids is 1. The molecule has 1 aliphatic rings. The third-order valence-corrected chi connectivity index (χ3v) is 4.70. The quantitative estimate of drug-likeness (QED) is 0.770. The van der Waals surface area contributed by atoms with E-state index in [1.54, 1.807) is 36.4 Å². The number of benzene rings is 2. The van der Waals surface area contributed by atoms with Gasteiger partial charge in [-0.2, -0.15) is 5.10 Å². The summed E-state index contributed by atoms with van der Waals surface area (Å²) in [5.41, 5.74) is 1.47. The van der Waals surface area contributed by atoms with Crippen LogP contribution in [-0.2, 0) is 9.59 Å². The second-order valence-corrected chi connectivity index (χ2v) is 6.49. The van der Waals surface area contributed by atoms with Crippen LogP contribution in [-0.4, -0.2) is 41.9 Å². The Bertz CT molecular complexity index is 960. The number of carboxylic acid groups (broad SMARTS) is 1. The molecule has 0 radical (unpaired) electrons. The second kappa shape index (κ2) is 8.72. The number of hydrogen-bond donors (Lipinski definition) is 1. The zero-order chi connectivity index (χ0) is 21.0. The van der Waals surface area contributed by atoms with Crippen LogP contribution in [0.2, 0.25) is 0 Å². The van der Waals surface area contributed by atoms with E-state index in [0.29, 0.717) is 28.3 Å². The molecule has 0 fully saturated rings. The minimum absolute atomic E-state index is 0.230. The van der Waals surface area contributed by atoms with Gasteiger partial charge in [0.15, 0.2) is 0 Å². The zero-order valence-electron chi connectivity index (χ0n) is 16.1. The Labute approximate surface area is 167 Å². The Kier molecular flexibility index (Phi) is 6.11. The average molecular weight is 400 g/mol. The van der Waals surface area contributed by atoms with Crippen molar-refractivity contribution in [2.24, 2.45) is 5.10 Å². The SMILES string of the molecule is COc1ccc(OC)c(C2=NN(C(=O)CCC(=O)O)[C@H](c3ccccc3F)C2)c1. The van der Waals surface area contributed by atoms with Gasteiger partial charge < -0.3 is 14.6 Å². The maximum atomic E-state index is 14.5. The lowest BCUT2D eigenvalue weighted by Crippen LogP contribution is -2.28. The maximum absolute atomic E-state index is 14.5. The van der Waals surface area contributed by atoms with Crippen LogP contribution in [0.5, 0.6) is 11.5 Å². The number of carbonyl (C=O) groups excluding carboxylic acids is 1. The van der Waals surface area contributed by atoms with Gasteiger partial charge in [-0.1, -0.05) is 18.2 Å². The first-order valence-electron chi connectivity index (χ1n) is 9.02. The second-order valence-electron chi connectivity index (χ2n) is 6.49. The predicted octanol–water partition coefficient (Wildman–Crippen LogP) is 3.39. The average Bonchev–Trinajstić information content (AvgIpc) is 3.16. The number of amides is 1. The molecular weight excluding hydrogens is 379 g/mol. The molecule has 8 heteroatoms. The summed E-state index contributed by atoms with van der Waals surface area (Å²) >= 11 is 0. The minimum atomic E-state index is -1.08. The monoisotopic (exact) mass is 400 g/mol. The van der Waals surface area contributed by atoms with Crippen LogP contribution in [0.25, 0.3) is 0 Å². The van der Waals surface area contributed by atoms with Crippen molar-refractivity contribution >= 4 is 17.6 Å². The molecule has 2 aromatic rings. The van der Waals surface area contributed by atoms with Crippen LogP contribution in [0, 0.1) is 5.82 Å². The molecule has 1 amide bonds. The summed E-state index contributed by atoms with van der Waals surface area (Å²) in [6, 6.07) is 10.7. The molecule has 0 saturated heterocycles. The number of carboxylic acids is 1. The van der Waals surface area contributed by atoms with Crippen molar-refractivity contribution in [2.75, 3.05) is 14.2 Å². The maximum Gasteiger partial charge on any atom is 0.303 e. The molecule has 1 aliphatic heterocycles. The van der Waals surface area contributed by atoms with E-state index >= 15 is 0 Å². The molecular formula is C21H21FN2O5. The number of hydrogen-bond acceptors (Lipinski definition) is 5. The fourth-order valence-electron chi connectivity index (χ4n) is 3.26. The molecule has 29 heavy (non-hydrogen) atoms. The molecule has 0 unspecified atom stereocenters. The van der Waals surface area contributed by atoms with Crippen LogP contribution in [0.3, 0.4) is 0 Å². The minimum Gasteiger partial charge on any atom is -0.497 e. The lowest BCUT2D eigenvalue weighted by molar-refractivity contribution is -0.141.